The lowest BCUT2D eigenvalue weighted by molar-refractivity contribution is 0.0777. The summed E-state index contributed by atoms with van der Waals surface area (Å²) in [5.41, 5.74) is 6.26. The van der Waals surface area contributed by atoms with Gasteiger partial charge in [0, 0.05) is 19.2 Å². The summed E-state index contributed by atoms with van der Waals surface area (Å²) in [6.07, 6.45) is 2.15. The minimum atomic E-state index is 0.0189. The Morgan fingerprint density at radius 2 is 2.00 bits per heavy atom. The van der Waals surface area contributed by atoms with Crippen LogP contribution >= 0.6 is 0 Å². The van der Waals surface area contributed by atoms with E-state index in [2.05, 4.69) is 6.92 Å². The zero-order chi connectivity index (χ0) is 15.0. The van der Waals surface area contributed by atoms with E-state index in [4.69, 9.17) is 10.5 Å². The Labute approximate surface area is 121 Å². The number of nitrogens with zero attached hydrogens (tertiary/aromatic N) is 1. The molecule has 4 heteroatoms. The molecule has 0 fully saturated rings. The molecule has 0 aromatic heterocycles. The number of ether oxygens (including phenoxy) is 1. The van der Waals surface area contributed by atoms with Gasteiger partial charge in [0.25, 0.3) is 5.91 Å². The fraction of sp³-hybridized carbons (Fsp3) is 0.562. The van der Waals surface area contributed by atoms with Crippen molar-refractivity contribution in [1.82, 2.24) is 4.90 Å². The molecule has 0 aliphatic carbocycles. The Kier molecular flexibility index (Phi) is 7.09. The second kappa shape index (κ2) is 8.59. The SMILES string of the molecule is CCCCOc1ccc(C(=O)N(C)CC(C)CN)cc1. The summed E-state index contributed by atoms with van der Waals surface area (Å²) in [7, 11) is 1.81. The van der Waals surface area contributed by atoms with E-state index in [1.54, 1.807) is 11.9 Å². The van der Waals surface area contributed by atoms with E-state index in [-0.39, 0.29) is 5.91 Å². The molecule has 1 amide bonds. The molecule has 0 radical (unpaired) electrons. The summed E-state index contributed by atoms with van der Waals surface area (Å²) in [4.78, 5) is 13.9. The highest BCUT2D eigenvalue weighted by Crippen LogP contribution is 2.14. The molecule has 2 N–H and O–H groups in total. The minimum absolute atomic E-state index is 0.0189. The van der Waals surface area contributed by atoms with Crippen LogP contribution in [-0.2, 0) is 0 Å². The third kappa shape index (κ3) is 5.21. The summed E-state index contributed by atoms with van der Waals surface area (Å²) >= 11 is 0. The van der Waals surface area contributed by atoms with Crippen LogP contribution < -0.4 is 10.5 Å². The molecule has 0 saturated heterocycles. The fourth-order valence-corrected chi connectivity index (χ4v) is 1.87. The van der Waals surface area contributed by atoms with E-state index in [0.717, 1.165) is 25.2 Å². The summed E-state index contributed by atoms with van der Waals surface area (Å²) in [5.74, 6) is 1.14. The van der Waals surface area contributed by atoms with Crippen molar-refractivity contribution in [3.8, 4) is 5.75 Å². The smallest absolute Gasteiger partial charge is 0.253 e. The normalized spacial score (nSPS) is 12.0. The topological polar surface area (TPSA) is 55.6 Å². The molecule has 1 aromatic carbocycles. The minimum Gasteiger partial charge on any atom is -0.494 e. The van der Waals surface area contributed by atoms with E-state index < -0.39 is 0 Å². The van der Waals surface area contributed by atoms with Crippen LogP contribution in [0.3, 0.4) is 0 Å². The van der Waals surface area contributed by atoms with Crippen LogP contribution in [0, 0.1) is 5.92 Å². The maximum atomic E-state index is 12.2. The molecule has 0 aliphatic heterocycles. The zero-order valence-corrected chi connectivity index (χ0v) is 12.8. The molecule has 1 aromatic rings. The number of amides is 1. The molecular formula is C16H26N2O2. The predicted molar refractivity (Wildman–Crippen MR) is 82.0 cm³/mol. The van der Waals surface area contributed by atoms with Gasteiger partial charge in [-0.25, -0.2) is 0 Å². The maximum absolute atomic E-state index is 12.2. The van der Waals surface area contributed by atoms with Crippen molar-refractivity contribution in [2.45, 2.75) is 26.7 Å². The molecule has 1 rings (SSSR count). The maximum Gasteiger partial charge on any atom is 0.253 e. The van der Waals surface area contributed by atoms with Crippen molar-refractivity contribution in [3.63, 3.8) is 0 Å². The van der Waals surface area contributed by atoms with Crippen LogP contribution in [0.5, 0.6) is 5.75 Å². The van der Waals surface area contributed by atoms with Gasteiger partial charge in [-0.3, -0.25) is 4.79 Å². The Bertz CT molecular complexity index is 403. The molecule has 20 heavy (non-hydrogen) atoms. The first-order valence-corrected chi connectivity index (χ1v) is 7.26. The number of benzene rings is 1. The van der Waals surface area contributed by atoms with Crippen LogP contribution in [0.25, 0.3) is 0 Å². The van der Waals surface area contributed by atoms with Crippen molar-refractivity contribution >= 4 is 5.91 Å². The third-order valence-corrected chi connectivity index (χ3v) is 3.20. The van der Waals surface area contributed by atoms with Crippen molar-refractivity contribution in [2.24, 2.45) is 11.7 Å². The van der Waals surface area contributed by atoms with Crippen molar-refractivity contribution in [3.05, 3.63) is 29.8 Å². The van der Waals surface area contributed by atoms with Gasteiger partial charge in [-0.2, -0.15) is 0 Å². The lowest BCUT2D eigenvalue weighted by Crippen LogP contribution is -2.33. The quantitative estimate of drug-likeness (QED) is 0.743. The van der Waals surface area contributed by atoms with Gasteiger partial charge < -0.3 is 15.4 Å². The summed E-state index contributed by atoms with van der Waals surface area (Å²) < 4.78 is 5.58. The lowest BCUT2D eigenvalue weighted by atomic mass is 10.1. The highest BCUT2D eigenvalue weighted by Gasteiger charge is 2.13. The van der Waals surface area contributed by atoms with E-state index in [1.807, 2.05) is 31.2 Å². The van der Waals surface area contributed by atoms with Crippen LogP contribution in [0.1, 0.15) is 37.0 Å². The zero-order valence-electron chi connectivity index (χ0n) is 12.8. The average molecular weight is 278 g/mol. The van der Waals surface area contributed by atoms with Gasteiger partial charge in [0.05, 0.1) is 6.61 Å². The second-order valence-electron chi connectivity index (χ2n) is 5.25. The number of unbranched alkanes of at least 4 members (excludes halogenated alkanes) is 1. The van der Waals surface area contributed by atoms with Gasteiger partial charge in [0.2, 0.25) is 0 Å². The summed E-state index contributed by atoms with van der Waals surface area (Å²) in [5, 5.41) is 0. The Hall–Kier alpha value is -1.55. The number of carbonyl (C=O) groups is 1. The fourth-order valence-electron chi connectivity index (χ4n) is 1.87. The van der Waals surface area contributed by atoms with E-state index >= 15 is 0 Å². The first kappa shape index (κ1) is 16.5. The van der Waals surface area contributed by atoms with Crippen molar-refractivity contribution < 1.29 is 9.53 Å². The van der Waals surface area contributed by atoms with Gasteiger partial charge in [-0.1, -0.05) is 20.3 Å². The monoisotopic (exact) mass is 278 g/mol. The van der Waals surface area contributed by atoms with Gasteiger partial charge in [0.1, 0.15) is 5.75 Å². The molecule has 0 heterocycles. The van der Waals surface area contributed by atoms with Gasteiger partial charge in [-0.05, 0) is 43.1 Å². The van der Waals surface area contributed by atoms with E-state index in [9.17, 15) is 4.79 Å². The van der Waals surface area contributed by atoms with Gasteiger partial charge in [-0.15, -0.1) is 0 Å². The van der Waals surface area contributed by atoms with Crippen LogP contribution in [0.4, 0.5) is 0 Å². The molecule has 1 unspecified atom stereocenters. The summed E-state index contributed by atoms with van der Waals surface area (Å²) in [6.45, 7) is 6.14. The lowest BCUT2D eigenvalue weighted by Gasteiger charge is -2.20. The van der Waals surface area contributed by atoms with Crippen molar-refractivity contribution in [2.75, 3.05) is 26.7 Å². The molecule has 4 nitrogen and oxygen atoms in total. The summed E-state index contributed by atoms with van der Waals surface area (Å²) in [6, 6.07) is 7.33. The number of hydrogen-bond acceptors (Lipinski definition) is 3. The highest BCUT2D eigenvalue weighted by atomic mass is 16.5. The van der Waals surface area contributed by atoms with Crippen molar-refractivity contribution in [1.29, 1.82) is 0 Å². The number of nitrogens with two attached hydrogens (primary N) is 1. The Balaban J connectivity index is 2.56. The number of rotatable bonds is 8. The molecular weight excluding hydrogens is 252 g/mol. The van der Waals surface area contributed by atoms with Gasteiger partial charge in [0.15, 0.2) is 0 Å². The molecule has 0 saturated carbocycles. The average Bonchev–Trinajstić information content (AvgIpc) is 2.47. The number of hydrogen-bond donors (Lipinski definition) is 1. The first-order valence-electron chi connectivity index (χ1n) is 7.26. The standard InChI is InChI=1S/C16H26N2O2/c1-4-5-10-20-15-8-6-14(7-9-15)16(19)18(3)12-13(2)11-17/h6-9,13H,4-5,10-12,17H2,1-3H3. The molecule has 0 spiro atoms. The Morgan fingerprint density at radius 3 is 2.55 bits per heavy atom. The molecule has 112 valence electrons. The highest BCUT2D eigenvalue weighted by molar-refractivity contribution is 5.94. The molecule has 1 atom stereocenters. The first-order chi connectivity index (χ1) is 9.58. The van der Waals surface area contributed by atoms with Crippen LogP contribution in [0.2, 0.25) is 0 Å². The third-order valence-electron chi connectivity index (χ3n) is 3.20. The molecule has 0 aliphatic rings. The van der Waals surface area contributed by atoms with E-state index in [1.165, 1.54) is 0 Å². The van der Waals surface area contributed by atoms with Crippen LogP contribution in [-0.4, -0.2) is 37.6 Å². The number of carbonyl (C=O) groups excluding carboxylic acids is 1. The Morgan fingerprint density at radius 1 is 1.35 bits per heavy atom. The van der Waals surface area contributed by atoms with E-state index in [0.29, 0.717) is 24.6 Å². The largest absolute Gasteiger partial charge is 0.494 e. The predicted octanol–water partition coefficient (Wildman–Crippen LogP) is 2.53. The second-order valence-corrected chi connectivity index (χ2v) is 5.25. The molecule has 0 bridgehead atoms. The van der Waals surface area contributed by atoms with Gasteiger partial charge >= 0.3 is 0 Å². The van der Waals surface area contributed by atoms with Crippen LogP contribution in [0.15, 0.2) is 24.3 Å².